The summed E-state index contributed by atoms with van der Waals surface area (Å²) in [5, 5.41) is 11.2. The summed E-state index contributed by atoms with van der Waals surface area (Å²) < 4.78 is 0. The van der Waals surface area contributed by atoms with Crippen molar-refractivity contribution in [2.75, 3.05) is 6.54 Å². The average molecular weight is 214 g/mol. The number of hydrogen-bond donors (Lipinski definition) is 2. The Kier molecular flexibility index (Phi) is 3.94. The molecule has 0 aromatic rings. The van der Waals surface area contributed by atoms with Crippen molar-refractivity contribution in [1.82, 2.24) is 10.2 Å². The molecule has 86 valence electrons. The van der Waals surface area contributed by atoms with Crippen molar-refractivity contribution in [2.24, 2.45) is 0 Å². The number of hydrogen-bond acceptors (Lipinski definition) is 2. The summed E-state index contributed by atoms with van der Waals surface area (Å²) >= 11 is 0. The number of carbonyl (C=O) groups excluding carboxylic acids is 1. The van der Waals surface area contributed by atoms with E-state index >= 15 is 0 Å². The number of likely N-dealkylation sites (tertiary alicyclic amines) is 1. The molecule has 2 N–H and O–H groups in total. The molecule has 0 saturated carbocycles. The summed E-state index contributed by atoms with van der Waals surface area (Å²) in [6, 6.07) is -0.196. The van der Waals surface area contributed by atoms with Crippen molar-refractivity contribution in [2.45, 2.75) is 45.2 Å². The van der Waals surface area contributed by atoms with Gasteiger partial charge in [0.25, 0.3) is 0 Å². The van der Waals surface area contributed by atoms with Gasteiger partial charge >= 0.3 is 12.0 Å². The van der Waals surface area contributed by atoms with Crippen LogP contribution in [-0.4, -0.2) is 40.6 Å². The molecule has 5 heteroatoms. The highest BCUT2D eigenvalue weighted by atomic mass is 16.4. The van der Waals surface area contributed by atoms with Crippen molar-refractivity contribution in [1.29, 1.82) is 0 Å². The second-order valence-electron chi connectivity index (χ2n) is 4.13. The normalized spacial score (nSPS) is 22.5. The summed E-state index contributed by atoms with van der Waals surface area (Å²) in [7, 11) is 0. The molecule has 2 atom stereocenters. The molecule has 2 unspecified atom stereocenters. The molecular formula is C10H18N2O3. The highest BCUT2D eigenvalue weighted by molar-refractivity contribution is 5.76. The van der Waals surface area contributed by atoms with Gasteiger partial charge in [-0.05, 0) is 26.7 Å². The molecule has 1 saturated heterocycles. The number of carboxylic acid groups (broad SMARTS) is 1. The molecule has 0 spiro atoms. The van der Waals surface area contributed by atoms with E-state index in [9.17, 15) is 9.59 Å². The van der Waals surface area contributed by atoms with Crippen LogP contribution in [0.3, 0.4) is 0 Å². The first kappa shape index (κ1) is 11.8. The zero-order valence-corrected chi connectivity index (χ0v) is 9.19. The fourth-order valence-corrected chi connectivity index (χ4v) is 1.84. The van der Waals surface area contributed by atoms with Gasteiger partial charge in [-0.15, -0.1) is 0 Å². The van der Waals surface area contributed by atoms with Gasteiger partial charge in [0.1, 0.15) is 0 Å². The quantitative estimate of drug-likeness (QED) is 0.737. The summed E-state index contributed by atoms with van der Waals surface area (Å²) in [6.07, 6.45) is 2.02. The van der Waals surface area contributed by atoms with Gasteiger partial charge in [0.15, 0.2) is 0 Å². The van der Waals surface area contributed by atoms with Crippen molar-refractivity contribution in [3.8, 4) is 0 Å². The van der Waals surface area contributed by atoms with E-state index in [1.807, 2.05) is 6.92 Å². The maximum Gasteiger partial charge on any atom is 0.317 e. The number of carboxylic acids is 1. The molecule has 2 amide bonds. The van der Waals surface area contributed by atoms with Crippen molar-refractivity contribution >= 4 is 12.0 Å². The van der Waals surface area contributed by atoms with Crippen LogP contribution in [0.25, 0.3) is 0 Å². The number of amides is 2. The zero-order valence-electron chi connectivity index (χ0n) is 9.19. The lowest BCUT2D eigenvalue weighted by molar-refractivity contribution is -0.137. The maximum atomic E-state index is 11.7. The van der Waals surface area contributed by atoms with Gasteiger partial charge in [0.05, 0.1) is 6.42 Å². The Balaban J connectivity index is 2.37. The Morgan fingerprint density at radius 1 is 1.60 bits per heavy atom. The third-order valence-electron chi connectivity index (χ3n) is 2.66. The monoisotopic (exact) mass is 214 g/mol. The topological polar surface area (TPSA) is 69.6 Å². The number of nitrogens with zero attached hydrogens (tertiary/aromatic N) is 1. The van der Waals surface area contributed by atoms with Crippen LogP contribution >= 0.6 is 0 Å². The van der Waals surface area contributed by atoms with E-state index in [4.69, 9.17) is 5.11 Å². The first-order valence-corrected chi connectivity index (χ1v) is 5.29. The van der Waals surface area contributed by atoms with Gasteiger partial charge in [-0.3, -0.25) is 4.79 Å². The summed E-state index contributed by atoms with van der Waals surface area (Å²) in [5.41, 5.74) is 0. The molecule has 0 aliphatic carbocycles. The Labute approximate surface area is 89.4 Å². The van der Waals surface area contributed by atoms with Crippen molar-refractivity contribution in [3.63, 3.8) is 0 Å². The highest BCUT2D eigenvalue weighted by Crippen LogP contribution is 2.16. The lowest BCUT2D eigenvalue weighted by Gasteiger charge is -2.23. The Hall–Kier alpha value is -1.26. The standard InChI is InChI=1S/C10H18N2O3/c1-7(6-9(13)14)11-10(15)12-5-3-4-8(12)2/h7-8H,3-6H2,1-2H3,(H,11,15)(H,13,14). The third-order valence-corrected chi connectivity index (χ3v) is 2.66. The molecule has 1 aliphatic heterocycles. The lowest BCUT2D eigenvalue weighted by Crippen LogP contribution is -2.45. The van der Waals surface area contributed by atoms with Crippen LogP contribution in [-0.2, 0) is 4.79 Å². The van der Waals surface area contributed by atoms with Crippen LogP contribution in [0.15, 0.2) is 0 Å². The fraction of sp³-hybridized carbons (Fsp3) is 0.800. The van der Waals surface area contributed by atoms with Crippen LogP contribution in [0.2, 0.25) is 0 Å². The minimum absolute atomic E-state index is 0.0338. The molecular weight excluding hydrogens is 196 g/mol. The largest absolute Gasteiger partial charge is 0.481 e. The Morgan fingerprint density at radius 2 is 2.27 bits per heavy atom. The van der Waals surface area contributed by atoms with Crippen LogP contribution < -0.4 is 5.32 Å². The molecule has 1 fully saturated rings. The highest BCUT2D eigenvalue weighted by Gasteiger charge is 2.25. The van der Waals surface area contributed by atoms with Gasteiger partial charge in [0, 0.05) is 18.6 Å². The average Bonchev–Trinajstić information content (AvgIpc) is 2.49. The predicted octanol–water partition coefficient (Wildman–Crippen LogP) is 1.04. The van der Waals surface area contributed by atoms with Gasteiger partial charge in [-0.2, -0.15) is 0 Å². The first-order chi connectivity index (χ1) is 7.00. The minimum Gasteiger partial charge on any atom is -0.481 e. The maximum absolute atomic E-state index is 11.7. The molecule has 0 bridgehead atoms. The number of urea groups is 1. The number of nitrogens with one attached hydrogen (secondary N) is 1. The zero-order chi connectivity index (χ0) is 11.4. The SMILES string of the molecule is CC(CC(=O)O)NC(=O)N1CCCC1C. The molecule has 0 aromatic heterocycles. The number of carbonyl (C=O) groups is 2. The minimum atomic E-state index is -0.891. The van der Waals surface area contributed by atoms with Gasteiger partial charge in [-0.25, -0.2) is 4.79 Å². The van der Waals surface area contributed by atoms with E-state index < -0.39 is 5.97 Å². The summed E-state index contributed by atoms with van der Waals surface area (Å²) in [4.78, 5) is 23.8. The predicted molar refractivity (Wildman–Crippen MR) is 55.6 cm³/mol. The fourth-order valence-electron chi connectivity index (χ4n) is 1.84. The van der Waals surface area contributed by atoms with E-state index in [0.717, 1.165) is 19.4 Å². The molecule has 15 heavy (non-hydrogen) atoms. The molecule has 5 nitrogen and oxygen atoms in total. The van der Waals surface area contributed by atoms with E-state index in [0.29, 0.717) is 0 Å². The van der Waals surface area contributed by atoms with Crippen LogP contribution in [0.5, 0.6) is 0 Å². The van der Waals surface area contributed by atoms with Crippen molar-refractivity contribution in [3.05, 3.63) is 0 Å². The van der Waals surface area contributed by atoms with Crippen LogP contribution in [0.4, 0.5) is 4.79 Å². The summed E-state index contributed by atoms with van der Waals surface area (Å²) in [6.45, 7) is 4.48. The Morgan fingerprint density at radius 3 is 2.73 bits per heavy atom. The van der Waals surface area contributed by atoms with Crippen molar-refractivity contribution < 1.29 is 14.7 Å². The summed E-state index contributed by atoms with van der Waals surface area (Å²) in [5.74, 6) is -0.891. The molecule has 0 radical (unpaired) electrons. The van der Waals surface area contributed by atoms with E-state index in [-0.39, 0.29) is 24.5 Å². The number of rotatable bonds is 3. The van der Waals surface area contributed by atoms with Crippen LogP contribution in [0.1, 0.15) is 33.1 Å². The second kappa shape index (κ2) is 5.00. The molecule has 0 aromatic carbocycles. The van der Waals surface area contributed by atoms with Gasteiger partial charge < -0.3 is 15.3 Å². The smallest absolute Gasteiger partial charge is 0.317 e. The molecule has 1 aliphatic rings. The first-order valence-electron chi connectivity index (χ1n) is 5.29. The number of aliphatic carboxylic acids is 1. The third kappa shape index (κ3) is 3.42. The van der Waals surface area contributed by atoms with Gasteiger partial charge in [-0.1, -0.05) is 0 Å². The van der Waals surface area contributed by atoms with Gasteiger partial charge in [0.2, 0.25) is 0 Å². The molecule has 1 heterocycles. The van der Waals surface area contributed by atoms with E-state index in [2.05, 4.69) is 5.32 Å². The van der Waals surface area contributed by atoms with E-state index in [1.165, 1.54) is 0 Å². The van der Waals surface area contributed by atoms with Crippen LogP contribution in [0, 0.1) is 0 Å². The Bertz CT molecular complexity index is 255. The molecule has 1 rings (SSSR count). The van der Waals surface area contributed by atoms with E-state index in [1.54, 1.807) is 11.8 Å². The lowest BCUT2D eigenvalue weighted by atomic mass is 10.2. The second-order valence-corrected chi connectivity index (χ2v) is 4.13.